The normalized spacial score (nSPS) is 14.4. The molecule has 7 nitrogen and oxygen atoms in total. The van der Waals surface area contributed by atoms with E-state index in [-0.39, 0.29) is 30.4 Å². The van der Waals surface area contributed by atoms with Gasteiger partial charge in [-0.05, 0) is 24.3 Å². The molecule has 0 bridgehead atoms. The van der Waals surface area contributed by atoms with Crippen molar-refractivity contribution >= 4 is 23.4 Å². The second-order valence-corrected chi connectivity index (χ2v) is 5.04. The molecule has 0 unspecified atom stereocenters. The molecular weight excluding hydrogens is 314 g/mol. The molecule has 1 aromatic rings. The Morgan fingerprint density at radius 2 is 1.71 bits per heavy atom. The molecule has 7 heteroatoms. The summed E-state index contributed by atoms with van der Waals surface area (Å²) in [5.74, 6) is -1.29. The van der Waals surface area contributed by atoms with Gasteiger partial charge in [-0.2, -0.15) is 0 Å². The lowest BCUT2D eigenvalue weighted by molar-refractivity contribution is -0.140. The average molecular weight is 333 g/mol. The maximum Gasteiger partial charge on any atom is 0.355 e. The van der Waals surface area contributed by atoms with E-state index in [1.807, 2.05) is 0 Å². The number of hydrogen-bond acceptors (Lipinski definition) is 7. The van der Waals surface area contributed by atoms with Crippen LogP contribution in [0.25, 0.3) is 0 Å². The molecule has 0 fully saturated rings. The number of anilines is 1. The molecule has 0 aliphatic carbocycles. The van der Waals surface area contributed by atoms with Gasteiger partial charge in [0.25, 0.3) is 0 Å². The van der Waals surface area contributed by atoms with Crippen molar-refractivity contribution < 1.29 is 28.6 Å². The van der Waals surface area contributed by atoms with Gasteiger partial charge in [0.2, 0.25) is 0 Å². The standard InChI is InChI=1S/C17H19NO6/c1-4-14(19)11-5-7-12(8-6-11)18-10-24-9-13(16(20)22-2)15(18)17(21)23-3/h5-8H,4,9-10H2,1-3H3. The number of methoxy groups -OCH3 is 2. The maximum atomic E-state index is 12.2. The fourth-order valence-corrected chi connectivity index (χ4v) is 2.38. The Kier molecular flexibility index (Phi) is 5.70. The third-order valence-corrected chi connectivity index (χ3v) is 3.66. The Morgan fingerprint density at radius 3 is 2.25 bits per heavy atom. The summed E-state index contributed by atoms with van der Waals surface area (Å²) in [6, 6.07) is 6.72. The topological polar surface area (TPSA) is 82.1 Å². The number of esters is 2. The number of nitrogens with zero attached hydrogens (tertiary/aromatic N) is 1. The minimum absolute atomic E-state index is 0.0235. The van der Waals surface area contributed by atoms with E-state index in [9.17, 15) is 14.4 Å². The molecule has 24 heavy (non-hydrogen) atoms. The Balaban J connectivity index is 2.44. The minimum atomic E-state index is -0.660. The first-order valence-corrected chi connectivity index (χ1v) is 7.41. The number of ketones is 1. The second-order valence-electron chi connectivity index (χ2n) is 5.04. The third-order valence-electron chi connectivity index (χ3n) is 3.66. The van der Waals surface area contributed by atoms with Crippen LogP contribution in [0, 0.1) is 0 Å². The van der Waals surface area contributed by atoms with Gasteiger partial charge in [0.15, 0.2) is 5.78 Å². The molecule has 0 spiro atoms. The van der Waals surface area contributed by atoms with Crippen LogP contribution in [0.5, 0.6) is 0 Å². The number of carbonyl (C=O) groups is 3. The molecule has 0 saturated carbocycles. The van der Waals surface area contributed by atoms with Crippen molar-refractivity contribution in [3.63, 3.8) is 0 Å². The molecule has 0 N–H and O–H groups in total. The molecule has 1 aromatic carbocycles. The Labute approximate surface area is 139 Å². The smallest absolute Gasteiger partial charge is 0.355 e. The number of ether oxygens (including phenoxy) is 3. The van der Waals surface area contributed by atoms with Crippen LogP contribution in [0.3, 0.4) is 0 Å². The van der Waals surface area contributed by atoms with Gasteiger partial charge in [-0.25, -0.2) is 9.59 Å². The first kappa shape index (κ1) is 17.7. The summed E-state index contributed by atoms with van der Waals surface area (Å²) < 4.78 is 14.9. The van der Waals surface area contributed by atoms with Gasteiger partial charge in [0, 0.05) is 17.7 Å². The summed E-state index contributed by atoms with van der Waals surface area (Å²) in [7, 11) is 2.47. The van der Waals surface area contributed by atoms with E-state index < -0.39 is 11.9 Å². The molecule has 0 aromatic heterocycles. The largest absolute Gasteiger partial charge is 0.466 e. The quantitative estimate of drug-likeness (QED) is 0.599. The summed E-state index contributed by atoms with van der Waals surface area (Å²) in [6.07, 6.45) is 0.409. The van der Waals surface area contributed by atoms with Gasteiger partial charge in [0.05, 0.1) is 26.4 Å². The van der Waals surface area contributed by atoms with Gasteiger partial charge in [-0.3, -0.25) is 4.79 Å². The molecule has 1 heterocycles. The highest BCUT2D eigenvalue weighted by molar-refractivity contribution is 6.03. The number of Topliss-reactive ketones (excluding diaryl/α,β-unsaturated/α-hetero) is 1. The Hall–Kier alpha value is -2.67. The van der Waals surface area contributed by atoms with E-state index in [4.69, 9.17) is 14.2 Å². The molecule has 128 valence electrons. The van der Waals surface area contributed by atoms with Crippen LogP contribution in [0.4, 0.5) is 5.69 Å². The third kappa shape index (κ3) is 3.46. The summed E-state index contributed by atoms with van der Waals surface area (Å²) in [6.45, 7) is 1.82. The van der Waals surface area contributed by atoms with E-state index in [0.29, 0.717) is 17.7 Å². The number of hydrogen-bond donors (Lipinski definition) is 0. The SMILES string of the molecule is CCC(=O)c1ccc(N2COCC(C(=O)OC)=C2C(=O)OC)cc1. The van der Waals surface area contributed by atoms with Crippen molar-refractivity contribution in [3.05, 3.63) is 41.1 Å². The summed E-state index contributed by atoms with van der Waals surface area (Å²) in [4.78, 5) is 37.3. The zero-order valence-corrected chi connectivity index (χ0v) is 13.8. The van der Waals surface area contributed by atoms with Crippen LogP contribution >= 0.6 is 0 Å². The van der Waals surface area contributed by atoms with Gasteiger partial charge >= 0.3 is 11.9 Å². The van der Waals surface area contributed by atoms with Crippen LogP contribution in [-0.4, -0.2) is 45.3 Å². The molecule has 0 atom stereocenters. The highest BCUT2D eigenvalue weighted by Crippen LogP contribution is 2.27. The molecule has 0 radical (unpaired) electrons. The van der Waals surface area contributed by atoms with Crippen molar-refractivity contribution in [3.8, 4) is 0 Å². The van der Waals surface area contributed by atoms with Crippen LogP contribution in [-0.2, 0) is 23.8 Å². The predicted octanol–water partition coefficient (Wildman–Crippen LogP) is 1.67. The predicted molar refractivity (Wildman–Crippen MR) is 85.4 cm³/mol. The minimum Gasteiger partial charge on any atom is -0.466 e. The van der Waals surface area contributed by atoms with Crippen molar-refractivity contribution in [1.82, 2.24) is 0 Å². The number of rotatable bonds is 5. The number of benzene rings is 1. The van der Waals surface area contributed by atoms with E-state index in [0.717, 1.165) is 0 Å². The van der Waals surface area contributed by atoms with Crippen molar-refractivity contribution in [2.45, 2.75) is 13.3 Å². The van der Waals surface area contributed by atoms with Crippen molar-refractivity contribution in [1.29, 1.82) is 0 Å². The fraction of sp³-hybridized carbons (Fsp3) is 0.353. The lowest BCUT2D eigenvalue weighted by Crippen LogP contribution is -2.38. The van der Waals surface area contributed by atoms with E-state index in [1.54, 1.807) is 31.2 Å². The molecule has 2 rings (SSSR count). The van der Waals surface area contributed by atoms with Gasteiger partial charge < -0.3 is 19.1 Å². The molecular formula is C17H19NO6. The van der Waals surface area contributed by atoms with E-state index in [2.05, 4.69) is 0 Å². The molecule has 1 aliphatic rings. The zero-order valence-electron chi connectivity index (χ0n) is 13.8. The lowest BCUT2D eigenvalue weighted by Gasteiger charge is -2.31. The molecule has 0 amide bonds. The first-order chi connectivity index (χ1) is 11.5. The number of carbonyl (C=O) groups excluding carboxylic acids is 3. The average Bonchev–Trinajstić information content (AvgIpc) is 2.65. The molecule has 1 aliphatic heterocycles. The Morgan fingerprint density at radius 1 is 1.08 bits per heavy atom. The van der Waals surface area contributed by atoms with E-state index >= 15 is 0 Å². The Bertz CT molecular complexity index is 677. The highest BCUT2D eigenvalue weighted by Gasteiger charge is 2.32. The van der Waals surface area contributed by atoms with Crippen LogP contribution < -0.4 is 4.90 Å². The lowest BCUT2D eigenvalue weighted by atomic mass is 10.1. The summed E-state index contributed by atoms with van der Waals surface area (Å²) in [5.41, 5.74) is 1.34. The zero-order chi connectivity index (χ0) is 17.7. The van der Waals surface area contributed by atoms with Crippen molar-refractivity contribution in [2.24, 2.45) is 0 Å². The van der Waals surface area contributed by atoms with Crippen LogP contribution in [0.2, 0.25) is 0 Å². The first-order valence-electron chi connectivity index (χ1n) is 7.41. The van der Waals surface area contributed by atoms with Crippen LogP contribution in [0.15, 0.2) is 35.5 Å². The molecule has 0 saturated heterocycles. The highest BCUT2D eigenvalue weighted by atomic mass is 16.5. The van der Waals surface area contributed by atoms with E-state index in [1.165, 1.54) is 19.1 Å². The van der Waals surface area contributed by atoms with Crippen LogP contribution in [0.1, 0.15) is 23.7 Å². The van der Waals surface area contributed by atoms with Gasteiger partial charge in [-0.15, -0.1) is 0 Å². The maximum absolute atomic E-state index is 12.2. The van der Waals surface area contributed by atoms with Gasteiger partial charge in [-0.1, -0.05) is 6.92 Å². The van der Waals surface area contributed by atoms with Crippen molar-refractivity contribution in [2.75, 3.05) is 32.5 Å². The summed E-state index contributed by atoms with van der Waals surface area (Å²) >= 11 is 0. The monoisotopic (exact) mass is 333 g/mol. The summed E-state index contributed by atoms with van der Waals surface area (Å²) in [5, 5.41) is 0. The second kappa shape index (κ2) is 7.74. The fourth-order valence-electron chi connectivity index (χ4n) is 2.38. The van der Waals surface area contributed by atoms with Gasteiger partial charge in [0.1, 0.15) is 12.4 Å².